The molecular weight excluding hydrogens is 288 g/mol. The van der Waals surface area contributed by atoms with Crippen molar-refractivity contribution < 1.29 is 8.42 Å². The maximum absolute atomic E-state index is 12.3. The molecule has 21 heavy (non-hydrogen) atoms. The monoisotopic (exact) mass is 306 g/mol. The Hall–Kier alpha value is -1.83. The minimum Gasteiger partial charge on any atom is -0.316 e. The summed E-state index contributed by atoms with van der Waals surface area (Å²) >= 11 is 0. The van der Waals surface area contributed by atoms with E-state index in [4.69, 9.17) is 0 Å². The first-order valence-electron chi connectivity index (χ1n) is 6.56. The highest BCUT2D eigenvalue weighted by Crippen LogP contribution is 2.13. The van der Waals surface area contributed by atoms with E-state index in [-0.39, 0.29) is 5.03 Å². The van der Waals surface area contributed by atoms with Gasteiger partial charge in [0.25, 0.3) is 10.0 Å². The van der Waals surface area contributed by atoms with E-state index in [1.54, 1.807) is 37.5 Å². The molecule has 0 radical (unpaired) electrons. The van der Waals surface area contributed by atoms with E-state index in [1.165, 1.54) is 6.07 Å². The molecule has 0 aliphatic heterocycles. The summed E-state index contributed by atoms with van der Waals surface area (Å²) in [5.41, 5.74) is 1.59. The molecule has 1 unspecified atom stereocenters. The lowest BCUT2D eigenvalue weighted by molar-refractivity contribution is 0.560. The predicted molar refractivity (Wildman–Crippen MR) is 80.0 cm³/mol. The zero-order valence-electron chi connectivity index (χ0n) is 11.9. The minimum atomic E-state index is -3.66. The van der Waals surface area contributed by atoms with E-state index in [0.717, 1.165) is 5.56 Å². The van der Waals surface area contributed by atoms with Crippen molar-refractivity contribution in [1.29, 1.82) is 0 Å². The van der Waals surface area contributed by atoms with Gasteiger partial charge >= 0.3 is 0 Å². The van der Waals surface area contributed by atoms with E-state index in [2.05, 4.69) is 20.0 Å². The average Bonchev–Trinajstić information content (AvgIpc) is 2.48. The Morgan fingerprint density at radius 3 is 2.57 bits per heavy atom. The average molecular weight is 306 g/mol. The van der Waals surface area contributed by atoms with Crippen LogP contribution in [0.3, 0.4) is 0 Å². The van der Waals surface area contributed by atoms with E-state index < -0.39 is 16.1 Å². The van der Waals surface area contributed by atoms with E-state index >= 15 is 0 Å². The van der Waals surface area contributed by atoms with Gasteiger partial charge in [-0.25, -0.2) is 18.1 Å². The van der Waals surface area contributed by atoms with Gasteiger partial charge in [0.1, 0.15) is 0 Å². The normalized spacial score (nSPS) is 13.0. The quantitative estimate of drug-likeness (QED) is 0.839. The Balaban J connectivity index is 2.14. The maximum Gasteiger partial charge on any atom is 0.258 e. The van der Waals surface area contributed by atoms with Crippen molar-refractivity contribution in [3.63, 3.8) is 0 Å². The second-order valence-electron chi connectivity index (χ2n) is 4.63. The Morgan fingerprint density at radius 2 is 2.00 bits per heavy atom. The molecule has 0 saturated heterocycles. The summed E-state index contributed by atoms with van der Waals surface area (Å²) in [4.78, 5) is 8.14. The highest BCUT2D eigenvalue weighted by Gasteiger charge is 2.20. The molecule has 2 heterocycles. The smallest absolute Gasteiger partial charge is 0.258 e. The number of nitrogens with zero attached hydrogens (tertiary/aromatic N) is 2. The van der Waals surface area contributed by atoms with Crippen molar-refractivity contribution >= 4 is 10.0 Å². The molecular formula is C14H18N4O2S. The van der Waals surface area contributed by atoms with Crippen molar-refractivity contribution in [3.05, 3.63) is 54.0 Å². The SMILES string of the molecule is CNCc1ccc(S(=O)(=O)NC(C)c2ccccn2)nc1. The van der Waals surface area contributed by atoms with Crippen LogP contribution in [0.1, 0.15) is 24.2 Å². The molecule has 2 aromatic heterocycles. The second kappa shape index (κ2) is 6.75. The van der Waals surface area contributed by atoms with Crippen molar-refractivity contribution in [3.8, 4) is 0 Å². The fraction of sp³-hybridized carbons (Fsp3) is 0.286. The van der Waals surface area contributed by atoms with Crippen LogP contribution in [-0.2, 0) is 16.6 Å². The van der Waals surface area contributed by atoms with Gasteiger partial charge in [-0.05, 0) is 37.7 Å². The van der Waals surface area contributed by atoms with Crippen LogP contribution in [-0.4, -0.2) is 25.4 Å². The van der Waals surface area contributed by atoms with E-state index in [1.807, 2.05) is 13.1 Å². The third-order valence-electron chi connectivity index (χ3n) is 2.92. The van der Waals surface area contributed by atoms with Crippen LogP contribution in [0.5, 0.6) is 0 Å². The largest absolute Gasteiger partial charge is 0.316 e. The minimum absolute atomic E-state index is 0.00475. The molecule has 2 rings (SSSR count). The highest BCUT2D eigenvalue weighted by molar-refractivity contribution is 7.89. The van der Waals surface area contributed by atoms with E-state index in [9.17, 15) is 8.42 Å². The molecule has 0 bridgehead atoms. The summed E-state index contributed by atoms with van der Waals surface area (Å²) in [5, 5.41) is 2.99. The maximum atomic E-state index is 12.3. The Labute approximate surface area is 124 Å². The van der Waals surface area contributed by atoms with Gasteiger partial charge in [-0.2, -0.15) is 0 Å². The van der Waals surface area contributed by atoms with Gasteiger partial charge in [-0.15, -0.1) is 0 Å². The predicted octanol–water partition coefficient (Wildman–Crippen LogP) is 1.24. The summed E-state index contributed by atoms with van der Waals surface area (Å²) < 4.78 is 27.1. The molecule has 0 aliphatic rings. The summed E-state index contributed by atoms with van der Waals surface area (Å²) in [7, 11) is -1.84. The van der Waals surface area contributed by atoms with Crippen LogP contribution in [0.25, 0.3) is 0 Å². The number of hydrogen-bond acceptors (Lipinski definition) is 5. The zero-order valence-corrected chi connectivity index (χ0v) is 12.8. The lowest BCUT2D eigenvalue weighted by Crippen LogP contribution is -2.28. The van der Waals surface area contributed by atoms with Gasteiger partial charge in [0.15, 0.2) is 5.03 Å². The Kier molecular flexibility index (Phi) is 5.00. The van der Waals surface area contributed by atoms with Crippen LogP contribution in [0, 0.1) is 0 Å². The number of rotatable bonds is 6. The molecule has 0 aliphatic carbocycles. The van der Waals surface area contributed by atoms with Gasteiger partial charge in [0.05, 0.1) is 11.7 Å². The molecule has 0 fully saturated rings. The molecule has 6 nitrogen and oxygen atoms in total. The van der Waals surface area contributed by atoms with Crippen molar-refractivity contribution in [2.75, 3.05) is 7.05 Å². The molecule has 7 heteroatoms. The Bertz CT molecular complexity index is 672. The van der Waals surface area contributed by atoms with E-state index in [0.29, 0.717) is 12.2 Å². The third kappa shape index (κ3) is 4.07. The standard InChI is InChI=1S/C14H18N4O2S/c1-11(13-5-3-4-8-16-13)18-21(19,20)14-7-6-12(9-15-2)10-17-14/h3-8,10-11,15,18H,9H2,1-2H3. The van der Waals surface area contributed by atoms with Crippen LogP contribution in [0.15, 0.2) is 47.8 Å². The molecule has 0 amide bonds. The molecule has 0 spiro atoms. The lowest BCUT2D eigenvalue weighted by atomic mass is 10.2. The van der Waals surface area contributed by atoms with Crippen molar-refractivity contribution in [2.24, 2.45) is 0 Å². The van der Waals surface area contributed by atoms with Crippen LogP contribution in [0.2, 0.25) is 0 Å². The molecule has 0 aromatic carbocycles. The zero-order chi connectivity index (χ0) is 15.3. The summed E-state index contributed by atoms with van der Waals surface area (Å²) in [6.07, 6.45) is 3.18. The summed E-state index contributed by atoms with van der Waals surface area (Å²) in [6.45, 7) is 2.39. The Morgan fingerprint density at radius 1 is 1.19 bits per heavy atom. The third-order valence-corrected chi connectivity index (χ3v) is 4.37. The van der Waals surface area contributed by atoms with Gasteiger partial charge in [-0.1, -0.05) is 12.1 Å². The molecule has 1 atom stereocenters. The first-order chi connectivity index (χ1) is 10.0. The number of nitrogens with one attached hydrogen (secondary N) is 2. The number of hydrogen-bond donors (Lipinski definition) is 2. The lowest BCUT2D eigenvalue weighted by Gasteiger charge is -2.13. The highest BCUT2D eigenvalue weighted by atomic mass is 32.2. The molecule has 2 aromatic rings. The molecule has 112 valence electrons. The molecule has 2 N–H and O–H groups in total. The van der Waals surface area contributed by atoms with Crippen LogP contribution in [0.4, 0.5) is 0 Å². The van der Waals surface area contributed by atoms with Gasteiger partial charge in [0, 0.05) is 18.9 Å². The summed E-state index contributed by atoms with van der Waals surface area (Å²) in [5.74, 6) is 0. The van der Waals surface area contributed by atoms with Gasteiger partial charge in [0.2, 0.25) is 0 Å². The van der Waals surface area contributed by atoms with Gasteiger partial charge < -0.3 is 5.32 Å². The van der Waals surface area contributed by atoms with Crippen molar-refractivity contribution in [1.82, 2.24) is 20.0 Å². The first-order valence-corrected chi connectivity index (χ1v) is 8.04. The number of aromatic nitrogens is 2. The van der Waals surface area contributed by atoms with Crippen LogP contribution < -0.4 is 10.0 Å². The fourth-order valence-electron chi connectivity index (χ4n) is 1.86. The van der Waals surface area contributed by atoms with Gasteiger partial charge in [-0.3, -0.25) is 4.98 Å². The topological polar surface area (TPSA) is 84.0 Å². The second-order valence-corrected chi connectivity index (χ2v) is 6.29. The van der Waals surface area contributed by atoms with Crippen molar-refractivity contribution in [2.45, 2.75) is 24.5 Å². The fourth-order valence-corrected chi connectivity index (χ4v) is 3.01. The first kappa shape index (κ1) is 15.6. The summed E-state index contributed by atoms with van der Waals surface area (Å²) in [6, 6.07) is 8.19. The molecule has 0 saturated carbocycles. The number of sulfonamides is 1. The van der Waals surface area contributed by atoms with Crippen LogP contribution >= 0.6 is 0 Å². The number of pyridine rings is 2.